The molecule has 2 nitrogen and oxygen atoms in total. The van der Waals surface area contributed by atoms with Crippen molar-refractivity contribution in [3.8, 4) is 6.07 Å². The summed E-state index contributed by atoms with van der Waals surface area (Å²) in [6.45, 7) is 0. The maximum atomic E-state index is 8.11. The third-order valence-electron chi connectivity index (χ3n) is 0.650. The highest BCUT2D eigenvalue weighted by Crippen LogP contribution is 1.86. The molecule has 0 unspecified atom stereocenters. The molecule has 0 aromatic carbocycles. The Hall–Kier alpha value is -1.23. The van der Waals surface area contributed by atoms with Crippen LogP contribution in [-0.2, 0) is 0 Å². The summed E-state index contributed by atoms with van der Waals surface area (Å²) in [4.78, 5) is 2.67. The van der Waals surface area contributed by atoms with Gasteiger partial charge in [-0.3, -0.25) is 0 Å². The van der Waals surface area contributed by atoms with Crippen LogP contribution in [0.2, 0.25) is 0 Å². The van der Waals surface area contributed by atoms with Gasteiger partial charge in [0.2, 0.25) is 0 Å². The van der Waals surface area contributed by atoms with Gasteiger partial charge >= 0.3 is 0 Å². The zero-order valence-corrected chi connectivity index (χ0v) is 3.60. The smallest absolute Gasteiger partial charge is 0.125 e. The van der Waals surface area contributed by atoms with Crippen molar-refractivity contribution in [3.05, 3.63) is 24.0 Å². The molecule has 0 saturated heterocycles. The number of rotatable bonds is 0. The molecule has 1 heterocycles. The molecule has 0 amide bonds. The molecule has 2 heteroatoms. The SMILES string of the molecule is N#Cc1[c]cc[nH]1. The van der Waals surface area contributed by atoms with Gasteiger partial charge in [-0.15, -0.1) is 0 Å². The fourth-order valence-corrected chi connectivity index (χ4v) is 0.356. The minimum absolute atomic E-state index is 0.486. The van der Waals surface area contributed by atoms with Gasteiger partial charge in [0.1, 0.15) is 11.8 Å². The molecule has 1 radical (unpaired) electrons. The predicted molar refractivity (Wildman–Crippen MR) is 24.3 cm³/mol. The van der Waals surface area contributed by atoms with E-state index in [1.165, 1.54) is 0 Å². The molecule has 0 atom stereocenters. The van der Waals surface area contributed by atoms with E-state index < -0.39 is 0 Å². The average molecular weight is 91.1 g/mol. The number of H-pyrrole nitrogens is 1. The normalized spacial score (nSPS) is 7.86. The number of hydrogen-bond donors (Lipinski definition) is 1. The van der Waals surface area contributed by atoms with E-state index in [0.29, 0.717) is 5.69 Å². The lowest BCUT2D eigenvalue weighted by atomic mass is 10.5. The van der Waals surface area contributed by atoms with Gasteiger partial charge in [-0.2, -0.15) is 5.26 Å². The number of aromatic nitrogens is 1. The van der Waals surface area contributed by atoms with Crippen molar-refractivity contribution in [1.29, 1.82) is 5.26 Å². The standard InChI is InChI=1S/C5H3N2/c6-4-5-2-1-3-7-5/h1,3,7H. The second kappa shape index (κ2) is 1.48. The monoisotopic (exact) mass is 91.0 g/mol. The molecule has 0 spiro atoms. The molecule has 0 bridgehead atoms. The van der Waals surface area contributed by atoms with Gasteiger partial charge in [0.15, 0.2) is 0 Å². The van der Waals surface area contributed by atoms with E-state index in [0.717, 1.165) is 0 Å². The van der Waals surface area contributed by atoms with Crippen LogP contribution in [0.3, 0.4) is 0 Å². The summed E-state index contributed by atoms with van der Waals surface area (Å²) in [5.41, 5.74) is 0.486. The van der Waals surface area contributed by atoms with Gasteiger partial charge in [0.05, 0.1) is 0 Å². The predicted octanol–water partition coefficient (Wildman–Crippen LogP) is 0.687. The van der Waals surface area contributed by atoms with E-state index in [4.69, 9.17) is 5.26 Å². The molecule has 33 valence electrons. The topological polar surface area (TPSA) is 39.6 Å². The van der Waals surface area contributed by atoms with E-state index in [1.807, 2.05) is 6.07 Å². The molecule has 0 aliphatic carbocycles. The summed E-state index contributed by atoms with van der Waals surface area (Å²) in [6.07, 6.45) is 1.67. The van der Waals surface area contributed by atoms with Crippen molar-refractivity contribution in [3.63, 3.8) is 0 Å². The number of hydrogen-bond acceptors (Lipinski definition) is 1. The molecule has 1 N–H and O–H groups in total. The van der Waals surface area contributed by atoms with Crippen LogP contribution in [0.5, 0.6) is 0 Å². The molecule has 1 aromatic heterocycles. The Morgan fingerprint density at radius 3 is 3.00 bits per heavy atom. The van der Waals surface area contributed by atoms with E-state index in [1.54, 1.807) is 12.3 Å². The second-order valence-electron chi connectivity index (χ2n) is 1.11. The van der Waals surface area contributed by atoms with Crippen molar-refractivity contribution in [2.45, 2.75) is 0 Å². The van der Waals surface area contributed by atoms with E-state index in [-0.39, 0.29) is 0 Å². The van der Waals surface area contributed by atoms with Crippen LogP contribution in [0.4, 0.5) is 0 Å². The van der Waals surface area contributed by atoms with Crippen LogP contribution >= 0.6 is 0 Å². The van der Waals surface area contributed by atoms with Gasteiger partial charge in [-0.25, -0.2) is 0 Å². The molecule has 0 aliphatic rings. The lowest BCUT2D eigenvalue weighted by molar-refractivity contribution is 1.33. The van der Waals surface area contributed by atoms with Crippen molar-refractivity contribution >= 4 is 0 Å². The first-order valence-electron chi connectivity index (χ1n) is 1.88. The summed E-state index contributed by atoms with van der Waals surface area (Å²) in [5.74, 6) is 0. The Bertz CT molecular complexity index is 168. The first-order chi connectivity index (χ1) is 3.43. The van der Waals surface area contributed by atoms with Gasteiger partial charge in [0.25, 0.3) is 0 Å². The summed E-state index contributed by atoms with van der Waals surface area (Å²) >= 11 is 0. The van der Waals surface area contributed by atoms with Crippen LogP contribution in [0.1, 0.15) is 5.69 Å². The summed E-state index contributed by atoms with van der Waals surface area (Å²) in [5, 5.41) is 8.11. The molecule has 7 heavy (non-hydrogen) atoms. The molecule has 0 fully saturated rings. The minimum atomic E-state index is 0.486. The quantitative estimate of drug-likeness (QED) is 0.501. The summed E-state index contributed by atoms with van der Waals surface area (Å²) in [6, 6.07) is 6.23. The number of aromatic amines is 1. The summed E-state index contributed by atoms with van der Waals surface area (Å²) in [7, 11) is 0. The Morgan fingerprint density at radius 2 is 2.71 bits per heavy atom. The molecule has 0 saturated carbocycles. The molecule has 1 rings (SSSR count). The highest BCUT2D eigenvalue weighted by molar-refractivity contribution is 5.17. The zero-order valence-electron chi connectivity index (χ0n) is 3.60. The van der Waals surface area contributed by atoms with Gasteiger partial charge < -0.3 is 4.98 Å². The average Bonchev–Trinajstić information content (AvgIpc) is 2.14. The van der Waals surface area contributed by atoms with Crippen LogP contribution in [0.15, 0.2) is 12.3 Å². The van der Waals surface area contributed by atoms with E-state index in [2.05, 4.69) is 11.1 Å². The third kappa shape index (κ3) is 0.606. The van der Waals surface area contributed by atoms with Gasteiger partial charge in [-0.1, -0.05) is 0 Å². The zero-order chi connectivity index (χ0) is 5.11. The third-order valence-corrected chi connectivity index (χ3v) is 0.650. The Balaban J connectivity index is 3.04. The van der Waals surface area contributed by atoms with Crippen LogP contribution in [0, 0.1) is 17.4 Å². The number of nitriles is 1. The van der Waals surface area contributed by atoms with Crippen molar-refractivity contribution in [2.24, 2.45) is 0 Å². The number of nitrogens with zero attached hydrogens (tertiary/aromatic N) is 1. The second-order valence-corrected chi connectivity index (χ2v) is 1.11. The van der Waals surface area contributed by atoms with Crippen LogP contribution in [-0.4, -0.2) is 4.98 Å². The fourth-order valence-electron chi connectivity index (χ4n) is 0.356. The Labute approximate surface area is 41.4 Å². The van der Waals surface area contributed by atoms with Gasteiger partial charge in [-0.05, 0) is 6.07 Å². The van der Waals surface area contributed by atoms with E-state index >= 15 is 0 Å². The first kappa shape index (κ1) is 3.94. The van der Waals surface area contributed by atoms with Crippen LogP contribution < -0.4 is 0 Å². The lowest BCUT2D eigenvalue weighted by Crippen LogP contribution is -1.65. The Morgan fingerprint density at radius 1 is 1.86 bits per heavy atom. The largest absolute Gasteiger partial charge is 0.353 e. The molecule has 1 aromatic rings. The first-order valence-corrected chi connectivity index (χ1v) is 1.88. The van der Waals surface area contributed by atoms with Crippen molar-refractivity contribution < 1.29 is 0 Å². The fraction of sp³-hybridized carbons (Fsp3) is 0. The molecular weight excluding hydrogens is 88.1 g/mol. The van der Waals surface area contributed by atoms with E-state index in [9.17, 15) is 0 Å². The van der Waals surface area contributed by atoms with Crippen molar-refractivity contribution in [2.75, 3.05) is 0 Å². The summed E-state index contributed by atoms with van der Waals surface area (Å²) < 4.78 is 0. The van der Waals surface area contributed by atoms with Gasteiger partial charge in [0, 0.05) is 12.3 Å². The Kier molecular flexibility index (Phi) is 0.833. The van der Waals surface area contributed by atoms with Crippen molar-refractivity contribution in [1.82, 2.24) is 4.98 Å². The number of nitrogens with one attached hydrogen (secondary N) is 1. The molecule has 0 aliphatic heterocycles. The molecular formula is C5H3N2. The lowest BCUT2D eigenvalue weighted by Gasteiger charge is -1.66. The maximum absolute atomic E-state index is 8.11. The van der Waals surface area contributed by atoms with Crippen LogP contribution in [0.25, 0.3) is 0 Å². The highest BCUT2D eigenvalue weighted by atomic mass is 14.7. The minimum Gasteiger partial charge on any atom is -0.353 e. The highest BCUT2D eigenvalue weighted by Gasteiger charge is 1.81. The maximum Gasteiger partial charge on any atom is 0.125 e.